The highest BCUT2D eigenvalue weighted by Gasteiger charge is 2.33. The van der Waals surface area contributed by atoms with Gasteiger partial charge in [-0.05, 0) is 12.1 Å². The predicted octanol–water partition coefficient (Wildman–Crippen LogP) is 1.37. The molecule has 7 heteroatoms. The number of rotatable bonds is 3. The van der Waals surface area contributed by atoms with Crippen LogP contribution in [0.15, 0.2) is 18.2 Å². The Morgan fingerprint density at radius 3 is 2.81 bits per heavy atom. The maximum absolute atomic E-state index is 11.9. The van der Waals surface area contributed by atoms with Crippen molar-refractivity contribution in [3.8, 4) is 12.3 Å². The maximum Gasteiger partial charge on any atom is 0.338 e. The van der Waals surface area contributed by atoms with Crippen molar-refractivity contribution >= 4 is 23.3 Å². The summed E-state index contributed by atoms with van der Waals surface area (Å²) in [5.41, 5.74) is -0.146. The number of nitro groups is 1. The highest BCUT2D eigenvalue weighted by Crippen LogP contribution is 2.33. The lowest BCUT2D eigenvalue weighted by molar-refractivity contribution is -0.384. The molecule has 1 aliphatic rings. The molecule has 1 aromatic carbocycles. The smallest absolute Gasteiger partial charge is 0.338 e. The van der Waals surface area contributed by atoms with Crippen LogP contribution in [0.4, 0.5) is 11.4 Å². The number of nitro benzene ring substituents is 1. The first kappa shape index (κ1) is 14.5. The van der Waals surface area contributed by atoms with Gasteiger partial charge in [0.25, 0.3) is 5.69 Å². The van der Waals surface area contributed by atoms with Crippen LogP contribution in [0.1, 0.15) is 16.8 Å². The number of benzene rings is 1. The summed E-state index contributed by atoms with van der Waals surface area (Å²) in [6, 6.07) is 3.84. The van der Waals surface area contributed by atoms with E-state index in [4.69, 9.17) is 6.42 Å². The SMILES string of the molecule is C#CC1CC(=O)N(c2ccc(C(=O)OC)cc2[N+](=O)[O-])C1. The Morgan fingerprint density at radius 1 is 1.57 bits per heavy atom. The van der Waals surface area contributed by atoms with Crippen LogP contribution < -0.4 is 4.90 Å². The van der Waals surface area contributed by atoms with Gasteiger partial charge in [-0.2, -0.15) is 0 Å². The highest BCUT2D eigenvalue weighted by molar-refractivity contribution is 5.99. The zero-order chi connectivity index (χ0) is 15.6. The van der Waals surface area contributed by atoms with Gasteiger partial charge in [-0.3, -0.25) is 14.9 Å². The number of hydrogen-bond donors (Lipinski definition) is 0. The second-order valence-corrected chi connectivity index (χ2v) is 4.52. The number of methoxy groups -OCH3 is 1. The van der Waals surface area contributed by atoms with E-state index in [0.29, 0.717) is 0 Å². The molecule has 7 nitrogen and oxygen atoms in total. The molecule has 1 atom stereocenters. The van der Waals surface area contributed by atoms with Gasteiger partial charge in [-0.15, -0.1) is 12.3 Å². The number of carbonyl (C=O) groups excluding carboxylic acids is 2. The summed E-state index contributed by atoms with van der Waals surface area (Å²) in [6.45, 7) is 0.230. The summed E-state index contributed by atoms with van der Waals surface area (Å²) in [4.78, 5) is 35.2. The third kappa shape index (κ3) is 2.69. The molecule has 0 aliphatic carbocycles. The fourth-order valence-corrected chi connectivity index (χ4v) is 2.19. The second kappa shape index (κ2) is 5.63. The average molecular weight is 288 g/mol. The summed E-state index contributed by atoms with van der Waals surface area (Å²) in [5, 5.41) is 11.2. The van der Waals surface area contributed by atoms with E-state index in [1.54, 1.807) is 0 Å². The summed E-state index contributed by atoms with van der Waals surface area (Å²) in [5.74, 6) is 1.26. The average Bonchev–Trinajstić information content (AvgIpc) is 2.86. The molecule has 108 valence electrons. The van der Waals surface area contributed by atoms with Gasteiger partial charge in [-0.25, -0.2) is 4.79 Å². The fraction of sp³-hybridized carbons (Fsp3) is 0.286. The normalized spacial score (nSPS) is 17.4. The number of esters is 1. The van der Waals surface area contributed by atoms with Gasteiger partial charge in [-0.1, -0.05) is 0 Å². The summed E-state index contributed by atoms with van der Waals surface area (Å²) in [6.07, 6.45) is 5.45. The molecule has 1 amide bonds. The predicted molar refractivity (Wildman–Crippen MR) is 73.7 cm³/mol. The molecule has 1 aliphatic heterocycles. The van der Waals surface area contributed by atoms with Crippen molar-refractivity contribution in [2.24, 2.45) is 5.92 Å². The van der Waals surface area contributed by atoms with Crippen molar-refractivity contribution in [3.05, 3.63) is 33.9 Å². The maximum atomic E-state index is 11.9. The Kier molecular flexibility index (Phi) is 3.89. The van der Waals surface area contributed by atoms with Crippen LogP contribution in [0, 0.1) is 28.4 Å². The quantitative estimate of drug-likeness (QED) is 0.362. The highest BCUT2D eigenvalue weighted by atomic mass is 16.6. The largest absolute Gasteiger partial charge is 0.465 e. The number of carbonyl (C=O) groups is 2. The van der Waals surface area contributed by atoms with E-state index in [1.165, 1.54) is 24.1 Å². The van der Waals surface area contributed by atoms with Crippen molar-refractivity contribution in [3.63, 3.8) is 0 Å². The first-order chi connectivity index (χ1) is 9.97. The Bertz CT molecular complexity index is 662. The van der Waals surface area contributed by atoms with Gasteiger partial charge in [0.2, 0.25) is 5.91 Å². The lowest BCUT2D eigenvalue weighted by Crippen LogP contribution is -2.25. The molecule has 1 fully saturated rings. The molecule has 1 saturated heterocycles. The van der Waals surface area contributed by atoms with Crippen molar-refractivity contribution < 1.29 is 19.2 Å². The minimum atomic E-state index is -0.682. The standard InChI is InChI=1S/C14H12N2O5/c1-3-9-6-13(17)15(8-9)11-5-4-10(14(18)21-2)7-12(11)16(19)20/h1,4-5,7,9H,6,8H2,2H3. The molecule has 2 rings (SSSR count). The van der Waals surface area contributed by atoms with Gasteiger partial charge in [0, 0.05) is 24.9 Å². The molecule has 1 heterocycles. The molecule has 0 aromatic heterocycles. The topological polar surface area (TPSA) is 89.8 Å². The third-order valence-electron chi connectivity index (χ3n) is 3.24. The third-order valence-corrected chi connectivity index (χ3v) is 3.24. The summed E-state index contributed by atoms with van der Waals surface area (Å²) >= 11 is 0. The van der Waals surface area contributed by atoms with Crippen LogP contribution in [0.3, 0.4) is 0 Å². The van der Waals surface area contributed by atoms with E-state index < -0.39 is 10.9 Å². The van der Waals surface area contributed by atoms with E-state index in [0.717, 1.165) is 6.07 Å². The number of terminal acetylenes is 1. The van der Waals surface area contributed by atoms with E-state index in [2.05, 4.69) is 10.7 Å². The van der Waals surface area contributed by atoms with E-state index in [1.807, 2.05) is 0 Å². The molecule has 0 N–H and O–H groups in total. The first-order valence-electron chi connectivity index (χ1n) is 6.11. The lowest BCUT2D eigenvalue weighted by Gasteiger charge is -2.16. The molecule has 0 radical (unpaired) electrons. The number of ether oxygens (including phenoxy) is 1. The molecular weight excluding hydrogens is 276 g/mol. The van der Waals surface area contributed by atoms with E-state index >= 15 is 0 Å². The number of nitrogens with zero attached hydrogens (tertiary/aromatic N) is 2. The molecule has 0 spiro atoms. The fourth-order valence-electron chi connectivity index (χ4n) is 2.19. The van der Waals surface area contributed by atoms with Crippen LogP contribution in [-0.4, -0.2) is 30.5 Å². The second-order valence-electron chi connectivity index (χ2n) is 4.52. The van der Waals surface area contributed by atoms with Crippen LogP contribution >= 0.6 is 0 Å². The first-order valence-corrected chi connectivity index (χ1v) is 6.11. The van der Waals surface area contributed by atoms with Crippen LogP contribution in [0.2, 0.25) is 0 Å². The van der Waals surface area contributed by atoms with Crippen molar-refractivity contribution in [1.82, 2.24) is 0 Å². The Hall–Kier alpha value is -2.88. The van der Waals surface area contributed by atoms with Gasteiger partial charge < -0.3 is 9.64 Å². The zero-order valence-electron chi connectivity index (χ0n) is 11.2. The molecule has 0 bridgehead atoms. The van der Waals surface area contributed by atoms with Gasteiger partial charge in [0.15, 0.2) is 0 Å². The van der Waals surface area contributed by atoms with E-state index in [9.17, 15) is 19.7 Å². The van der Waals surface area contributed by atoms with Crippen LogP contribution in [0.5, 0.6) is 0 Å². The minimum absolute atomic E-state index is 0.0492. The molecule has 21 heavy (non-hydrogen) atoms. The molecule has 0 saturated carbocycles. The van der Waals surface area contributed by atoms with Crippen LogP contribution in [0.25, 0.3) is 0 Å². The van der Waals surface area contributed by atoms with Crippen molar-refractivity contribution in [2.75, 3.05) is 18.6 Å². The zero-order valence-corrected chi connectivity index (χ0v) is 11.2. The number of amides is 1. The Morgan fingerprint density at radius 2 is 2.29 bits per heavy atom. The Labute approximate surface area is 120 Å². The van der Waals surface area contributed by atoms with Gasteiger partial charge >= 0.3 is 5.97 Å². The summed E-state index contributed by atoms with van der Waals surface area (Å²) < 4.78 is 4.52. The number of hydrogen-bond acceptors (Lipinski definition) is 5. The van der Waals surface area contributed by atoms with Crippen molar-refractivity contribution in [1.29, 1.82) is 0 Å². The molecular formula is C14H12N2O5. The number of anilines is 1. The summed E-state index contributed by atoms with van der Waals surface area (Å²) in [7, 11) is 1.18. The van der Waals surface area contributed by atoms with E-state index in [-0.39, 0.29) is 41.7 Å². The Balaban J connectivity index is 2.45. The van der Waals surface area contributed by atoms with Gasteiger partial charge in [0.1, 0.15) is 5.69 Å². The monoisotopic (exact) mass is 288 g/mol. The molecule has 1 aromatic rings. The van der Waals surface area contributed by atoms with Gasteiger partial charge in [0.05, 0.1) is 17.6 Å². The molecule has 1 unspecified atom stereocenters. The lowest BCUT2D eigenvalue weighted by atomic mass is 10.1. The minimum Gasteiger partial charge on any atom is -0.465 e. The van der Waals surface area contributed by atoms with Crippen LogP contribution in [-0.2, 0) is 9.53 Å². The van der Waals surface area contributed by atoms with Crippen molar-refractivity contribution in [2.45, 2.75) is 6.42 Å².